The van der Waals surface area contributed by atoms with Gasteiger partial charge in [-0.3, -0.25) is 14.4 Å². The van der Waals surface area contributed by atoms with Crippen molar-refractivity contribution in [2.75, 3.05) is 19.7 Å². The average Bonchev–Trinajstić information content (AvgIpc) is 3.22. The minimum atomic E-state index is -0.712. The monoisotopic (exact) mass is 282 g/mol. The van der Waals surface area contributed by atoms with Crippen molar-refractivity contribution in [3.05, 3.63) is 0 Å². The van der Waals surface area contributed by atoms with Crippen molar-refractivity contribution in [1.29, 1.82) is 0 Å². The highest BCUT2D eigenvalue weighted by molar-refractivity contribution is 5.93. The Labute approximate surface area is 118 Å². The SMILES string of the molecule is CC(C)COC(=O)CC1C(=O)NCCN1C(=O)C1CC1. The third-order valence-electron chi connectivity index (χ3n) is 3.48. The maximum Gasteiger partial charge on any atom is 0.308 e. The summed E-state index contributed by atoms with van der Waals surface area (Å²) in [4.78, 5) is 37.4. The fourth-order valence-electron chi connectivity index (χ4n) is 2.22. The Kier molecular flexibility index (Phi) is 4.62. The number of carbonyl (C=O) groups is 3. The molecule has 112 valence electrons. The van der Waals surface area contributed by atoms with E-state index in [1.54, 1.807) is 4.90 Å². The number of piperazine rings is 1. The molecule has 6 heteroatoms. The predicted octanol–water partition coefficient (Wildman–Crippen LogP) is 0.313. The van der Waals surface area contributed by atoms with Crippen molar-refractivity contribution >= 4 is 17.8 Å². The summed E-state index contributed by atoms with van der Waals surface area (Å²) >= 11 is 0. The topological polar surface area (TPSA) is 75.7 Å². The van der Waals surface area contributed by atoms with Gasteiger partial charge in [0.25, 0.3) is 0 Å². The smallest absolute Gasteiger partial charge is 0.308 e. The summed E-state index contributed by atoms with van der Waals surface area (Å²) in [7, 11) is 0. The van der Waals surface area contributed by atoms with Gasteiger partial charge in [-0.15, -0.1) is 0 Å². The molecule has 1 saturated heterocycles. The van der Waals surface area contributed by atoms with E-state index in [-0.39, 0.29) is 30.1 Å². The van der Waals surface area contributed by atoms with Crippen molar-refractivity contribution < 1.29 is 19.1 Å². The Morgan fingerprint density at radius 1 is 1.40 bits per heavy atom. The highest BCUT2D eigenvalue weighted by Crippen LogP contribution is 2.32. The van der Waals surface area contributed by atoms with Gasteiger partial charge in [-0.1, -0.05) is 13.8 Å². The largest absolute Gasteiger partial charge is 0.465 e. The maximum absolute atomic E-state index is 12.2. The van der Waals surface area contributed by atoms with Gasteiger partial charge in [0.05, 0.1) is 13.0 Å². The Bertz CT molecular complexity index is 404. The molecule has 1 N–H and O–H groups in total. The molecule has 1 heterocycles. The number of esters is 1. The van der Waals surface area contributed by atoms with E-state index >= 15 is 0 Å². The summed E-state index contributed by atoms with van der Waals surface area (Å²) in [6, 6.07) is -0.712. The number of amides is 2. The van der Waals surface area contributed by atoms with Crippen molar-refractivity contribution in [3.8, 4) is 0 Å². The third-order valence-corrected chi connectivity index (χ3v) is 3.48. The lowest BCUT2D eigenvalue weighted by molar-refractivity contribution is -0.152. The molecule has 0 bridgehead atoms. The number of nitrogens with one attached hydrogen (secondary N) is 1. The molecule has 6 nitrogen and oxygen atoms in total. The second kappa shape index (κ2) is 6.24. The zero-order valence-corrected chi connectivity index (χ0v) is 12.1. The van der Waals surface area contributed by atoms with Crippen LogP contribution in [-0.4, -0.2) is 48.4 Å². The lowest BCUT2D eigenvalue weighted by Gasteiger charge is -2.34. The minimum Gasteiger partial charge on any atom is -0.465 e. The molecular weight excluding hydrogens is 260 g/mol. The summed E-state index contributed by atoms with van der Waals surface area (Å²) in [6.45, 7) is 5.16. The fraction of sp³-hybridized carbons (Fsp3) is 0.786. The molecule has 0 aromatic carbocycles. The molecule has 2 aliphatic rings. The Balaban J connectivity index is 1.95. The summed E-state index contributed by atoms with van der Waals surface area (Å²) in [5, 5.41) is 2.71. The number of carbonyl (C=O) groups excluding carboxylic acids is 3. The first-order valence-electron chi connectivity index (χ1n) is 7.23. The molecule has 0 spiro atoms. The maximum atomic E-state index is 12.2. The standard InChI is InChI=1S/C14H22N2O4/c1-9(2)8-20-12(17)7-11-13(18)15-5-6-16(11)14(19)10-3-4-10/h9-11H,3-8H2,1-2H3,(H,15,18). The number of hydrogen-bond acceptors (Lipinski definition) is 4. The molecule has 1 unspecified atom stereocenters. The van der Waals surface area contributed by atoms with Gasteiger partial charge in [-0.25, -0.2) is 0 Å². The first-order valence-corrected chi connectivity index (χ1v) is 7.23. The minimum absolute atomic E-state index is 0.00140. The first-order chi connectivity index (χ1) is 9.49. The van der Waals surface area contributed by atoms with Gasteiger partial charge in [0.1, 0.15) is 6.04 Å². The Morgan fingerprint density at radius 2 is 2.10 bits per heavy atom. The molecular formula is C14H22N2O4. The van der Waals surface area contributed by atoms with Crippen molar-refractivity contribution in [2.45, 2.75) is 39.2 Å². The highest BCUT2D eigenvalue weighted by atomic mass is 16.5. The molecule has 0 aromatic rings. The molecule has 20 heavy (non-hydrogen) atoms. The van der Waals surface area contributed by atoms with Crippen LogP contribution in [-0.2, 0) is 19.1 Å². The number of hydrogen-bond donors (Lipinski definition) is 1. The van der Waals surface area contributed by atoms with E-state index in [9.17, 15) is 14.4 Å². The second-order valence-electron chi connectivity index (χ2n) is 5.89. The van der Waals surface area contributed by atoms with Crippen LogP contribution < -0.4 is 5.32 Å². The van der Waals surface area contributed by atoms with Crippen molar-refractivity contribution in [3.63, 3.8) is 0 Å². The summed E-state index contributed by atoms with van der Waals surface area (Å²) in [5.41, 5.74) is 0. The number of rotatable bonds is 5. The van der Waals surface area contributed by atoms with Crippen LogP contribution >= 0.6 is 0 Å². The number of ether oxygens (including phenoxy) is 1. The van der Waals surface area contributed by atoms with E-state index < -0.39 is 12.0 Å². The van der Waals surface area contributed by atoms with Crippen LogP contribution in [0.3, 0.4) is 0 Å². The normalized spacial score (nSPS) is 22.6. The van der Waals surface area contributed by atoms with Crippen LogP contribution in [0.4, 0.5) is 0 Å². The highest BCUT2D eigenvalue weighted by Gasteiger charge is 2.41. The van der Waals surface area contributed by atoms with Gasteiger partial charge in [0.2, 0.25) is 11.8 Å². The van der Waals surface area contributed by atoms with Crippen LogP contribution in [0.25, 0.3) is 0 Å². The zero-order valence-electron chi connectivity index (χ0n) is 12.1. The molecule has 1 aliphatic carbocycles. The van der Waals surface area contributed by atoms with E-state index in [0.29, 0.717) is 19.7 Å². The van der Waals surface area contributed by atoms with E-state index in [4.69, 9.17) is 4.74 Å². The molecule has 1 atom stereocenters. The molecule has 0 aromatic heterocycles. The van der Waals surface area contributed by atoms with Crippen LogP contribution in [0.2, 0.25) is 0 Å². The summed E-state index contributed by atoms with van der Waals surface area (Å²) in [5.74, 6) is -0.374. The lowest BCUT2D eigenvalue weighted by Crippen LogP contribution is -2.58. The Hall–Kier alpha value is -1.59. The van der Waals surface area contributed by atoms with Crippen LogP contribution in [0, 0.1) is 11.8 Å². The molecule has 1 saturated carbocycles. The van der Waals surface area contributed by atoms with Gasteiger partial charge in [-0.2, -0.15) is 0 Å². The van der Waals surface area contributed by atoms with Crippen LogP contribution in [0.5, 0.6) is 0 Å². The van der Waals surface area contributed by atoms with Gasteiger partial charge in [0.15, 0.2) is 0 Å². The second-order valence-corrected chi connectivity index (χ2v) is 5.89. The van der Waals surface area contributed by atoms with E-state index in [0.717, 1.165) is 12.8 Å². The summed E-state index contributed by atoms with van der Waals surface area (Å²) < 4.78 is 5.10. The van der Waals surface area contributed by atoms with Gasteiger partial charge in [0, 0.05) is 19.0 Å². The van der Waals surface area contributed by atoms with Gasteiger partial charge < -0.3 is 15.0 Å². The summed E-state index contributed by atoms with van der Waals surface area (Å²) in [6.07, 6.45) is 1.72. The van der Waals surface area contributed by atoms with Crippen LogP contribution in [0.15, 0.2) is 0 Å². The molecule has 0 radical (unpaired) electrons. The van der Waals surface area contributed by atoms with Crippen molar-refractivity contribution in [1.82, 2.24) is 10.2 Å². The third kappa shape index (κ3) is 3.71. The van der Waals surface area contributed by atoms with Gasteiger partial charge >= 0.3 is 5.97 Å². The molecule has 2 amide bonds. The quantitative estimate of drug-likeness (QED) is 0.737. The zero-order chi connectivity index (χ0) is 14.7. The first kappa shape index (κ1) is 14.8. The van der Waals surface area contributed by atoms with E-state index in [1.165, 1.54) is 0 Å². The lowest BCUT2D eigenvalue weighted by atomic mass is 10.1. The average molecular weight is 282 g/mol. The van der Waals surface area contributed by atoms with E-state index in [2.05, 4.69) is 5.32 Å². The molecule has 2 fully saturated rings. The van der Waals surface area contributed by atoms with Crippen molar-refractivity contribution in [2.24, 2.45) is 11.8 Å². The van der Waals surface area contributed by atoms with E-state index in [1.807, 2.05) is 13.8 Å². The Morgan fingerprint density at radius 3 is 2.70 bits per heavy atom. The molecule has 2 rings (SSSR count). The van der Waals surface area contributed by atoms with Crippen LogP contribution in [0.1, 0.15) is 33.1 Å². The van der Waals surface area contributed by atoms with Gasteiger partial charge in [-0.05, 0) is 18.8 Å². The fourth-order valence-corrected chi connectivity index (χ4v) is 2.22. The predicted molar refractivity (Wildman–Crippen MR) is 71.6 cm³/mol. The molecule has 1 aliphatic heterocycles. The number of nitrogens with zero attached hydrogens (tertiary/aromatic N) is 1.